The van der Waals surface area contributed by atoms with Crippen molar-refractivity contribution in [3.8, 4) is 0 Å². The van der Waals surface area contributed by atoms with Gasteiger partial charge in [0, 0.05) is 16.3 Å². The maximum absolute atomic E-state index is 12.2. The lowest BCUT2D eigenvalue weighted by Gasteiger charge is -2.33. The zero-order valence-corrected chi connectivity index (χ0v) is 13.1. The Hall–Kier alpha value is -0.710. The van der Waals surface area contributed by atoms with Gasteiger partial charge in [-0.1, -0.05) is 23.7 Å². The lowest BCUT2D eigenvalue weighted by molar-refractivity contribution is -0.128. The van der Waals surface area contributed by atoms with E-state index in [1.54, 1.807) is 0 Å². The van der Waals surface area contributed by atoms with E-state index in [1.165, 1.54) is 18.6 Å². The van der Waals surface area contributed by atoms with Gasteiger partial charge in [-0.05, 0) is 43.2 Å². The minimum absolute atomic E-state index is 0.0424. The Labute approximate surface area is 129 Å². The van der Waals surface area contributed by atoms with Gasteiger partial charge in [-0.15, -0.1) is 0 Å². The van der Waals surface area contributed by atoms with Gasteiger partial charge >= 0.3 is 0 Å². The summed E-state index contributed by atoms with van der Waals surface area (Å²) in [4.78, 5) is 14.2. The van der Waals surface area contributed by atoms with Crippen LogP contribution in [0.2, 0.25) is 5.02 Å². The minimum atomic E-state index is -0.0424. The van der Waals surface area contributed by atoms with Crippen molar-refractivity contribution in [3.05, 3.63) is 34.9 Å². The summed E-state index contributed by atoms with van der Waals surface area (Å²) in [7, 11) is 0. The van der Waals surface area contributed by atoms with Crippen molar-refractivity contribution in [1.82, 2.24) is 10.2 Å². The van der Waals surface area contributed by atoms with Crippen LogP contribution in [0.4, 0.5) is 0 Å². The first kappa shape index (κ1) is 14.2. The fourth-order valence-electron chi connectivity index (χ4n) is 3.02. The van der Waals surface area contributed by atoms with E-state index in [2.05, 4.69) is 12.2 Å². The molecule has 0 spiro atoms. The van der Waals surface area contributed by atoms with Crippen LogP contribution < -0.4 is 5.32 Å². The quantitative estimate of drug-likeness (QED) is 0.931. The third kappa shape index (κ3) is 2.83. The van der Waals surface area contributed by atoms with Crippen LogP contribution in [0.15, 0.2) is 24.3 Å². The Kier molecular flexibility index (Phi) is 3.98. The van der Waals surface area contributed by atoms with Gasteiger partial charge < -0.3 is 4.90 Å². The molecule has 3 rings (SSSR count). The lowest BCUT2D eigenvalue weighted by atomic mass is 10.0. The van der Waals surface area contributed by atoms with Gasteiger partial charge in [0.25, 0.3) is 0 Å². The SMILES string of the molecule is CC1(CN2C(=O)CNC2c2cccc(Cl)c2)CCCS1. The molecule has 20 heavy (non-hydrogen) atoms. The maximum atomic E-state index is 12.2. The average Bonchev–Trinajstić information content (AvgIpc) is 2.98. The molecule has 2 fully saturated rings. The molecule has 1 N–H and O–H groups in total. The van der Waals surface area contributed by atoms with E-state index in [4.69, 9.17) is 11.6 Å². The van der Waals surface area contributed by atoms with Gasteiger partial charge in [0.15, 0.2) is 0 Å². The molecule has 2 heterocycles. The zero-order chi connectivity index (χ0) is 14.2. The van der Waals surface area contributed by atoms with E-state index in [1.807, 2.05) is 40.9 Å². The number of hydrogen-bond acceptors (Lipinski definition) is 3. The number of rotatable bonds is 3. The molecule has 1 aromatic rings. The van der Waals surface area contributed by atoms with Crippen molar-refractivity contribution in [1.29, 1.82) is 0 Å². The molecule has 2 atom stereocenters. The summed E-state index contributed by atoms with van der Waals surface area (Å²) in [5.41, 5.74) is 1.06. The molecule has 2 aliphatic heterocycles. The van der Waals surface area contributed by atoms with Gasteiger partial charge in [0.05, 0.1) is 6.54 Å². The fourth-order valence-corrected chi connectivity index (χ4v) is 4.51. The molecule has 1 amide bonds. The third-order valence-corrected chi connectivity index (χ3v) is 5.81. The number of halogens is 1. The number of carbonyl (C=O) groups is 1. The van der Waals surface area contributed by atoms with E-state index >= 15 is 0 Å². The van der Waals surface area contributed by atoms with Gasteiger partial charge in [-0.3, -0.25) is 10.1 Å². The van der Waals surface area contributed by atoms with Gasteiger partial charge in [0.2, 0.25) is 5.91 Å². The largest absolute Gasteiger partial charge is 0.320 e. The molecule has 2 unspecified atom stereocenters. The molecule has 0 aromatic heterocycles. The Morgan fingerprint density at radius 3 is 3.10 bits per heavy atom. The Balaban J connectivity index is 1.81. The van der Waals surface area contributed by atoms with Crippen molar-refractivity contribution in [2.75, 3.05) is 18.8 Å². The standard InChI is InChI=1S/C15H19ClN2OS/c1-15(6-3-7-20-15)10-18-13(19)9-17-14(18)11-4-2-5-12(16)8-11/h2,4-5,8,14,17H,3,6-7,9-10H2,1H3. The molecular weight excluding hydrogens is 292 g/mol. The molecule has 0 radical (unpaired) electrons. The van der Waals surface area contributed by atoms with Crippen LogP contribution in [0, 0.1) is 0 Å². The Morgan fingerprint density at radius 1 is 1.55 bits per heavy atom. The monoisotopic (exact) mass is 310 g/mol. The predicted molar refractivity (Wildman–Crippen MR) is 84.0 cm³/mol. The van der Waals surface area contributed by atoms with Crippen molar-refractivity contribution in [2.45, 2.75) is 30.7 Å². The van der Waals surface area contributed by atoms with Crippen LogP contribution in [0.1, 0.15) is 31.5 Å². The summed E-state index contributed by atoms with van der Waals surface area (Å²) < 4.78 is 0.193. The first-order valence-electron chi connectivity index (χ1n) is 7.00. The first-order chi connectivity index (χ1) is 9.57. The first-order valence-corrected chi connectivity index (χ1v) is 8.36. The maximum Gasteiger partial charge on any atom is 0.238 e. The summed E-state index contributed by atoms with van der Waals surface area (Å²) in [5, 5.41) is 4.01. The van der Waals surface area contributed by atoms with Crippen LogP contribution in [-0.4, -0.2) is 34.4 Å². The molecule has 2 saturated heterocycles. The van der Waals surface area contributed by atoms with Crippen LogP contribution in [0.3, 0.4) is 0 Å². The number of benzene rings is 1. The highest BCUT2D eigenvalue weighted by Gasteiger charge is 2.39. The van der Waals surface area contributed by atoms with Gasteiger partial charge in [-0.2, -0.15) is 11.8 Å². The summed E-state index contributed by atoms with van der Waals surface area (Å²) in [5.74, 6) is 1.39. The topological polar surface area (TPSA) is 32.3 Å². The van der Waals surface area contributed by atoms with Crippen LogP contribution in [0.25, 0.3) is 0 Å². The van der Waals surface area contributed by atoms with E-state index in [0.717, 1.165) is 12.1 Å². The molecule has 5 heteroatoms. The van der Waals surface area contributed by atoms with Crippen molar-refractivity contribution in [3.63, 3.8) is 0 Å². The van der Waals surface area contributed by atoms with Crippen LogP contribution >= 0.6 is 23.4 Å². The number of nitrogens with zero attached hydrogens (tertiary/aromatic N) is 1. The van der Waals surface area contributed by atoms with Crippen molar-refractivity contribution >= 4 is 29.3 Å². The van der Waals surface area contributed by atoms with E-state index in [-0.39, 0.29) is 16.8 Å². The Bertz CT molecular complexity index is 516. The van der Waals surface area contributed by atoms with Gasteiger partial charge in [0.1, 0.15) is 6.17 Å². The fraction of sp³-hybridized carbons (Fsp3) is 0.533. The highest BCUT2D eigenvalue weighted by Crippen LogP contribution is 2.40. The second kappa shape index (κ2) is 5.58. The number of amides is 1. The molecule has 0 saturated carbocycles. The zero-order valence-electron chi connectivity index (χ0n) is 11.6. The van der Waals surface area contributed by atoms with E-state index in [9.17, 15) is 4.79 Å². The molecule has 108 valence electrons. The van der Waals surface area contributed by atoms with Crippen molar-refractivity contribution < 1.29 is 4.79 Å². The van der Waals surface area contributed by atoms with E-state index in [0.29, 0.717) is 11.6 Å². The number of thioether (sulfide) groups is 1. The van der Waals surface area contributed by atoms with Gasteiger partial charge in [-0.25, -0.2) is 0 Å². The minimum Gasteiger partial charge on any atom is -0.320 e. The second-order valence-electron chi connectivity index (χ2n) is 5.76. The molecule has 1 aromatic carbocycles. The highest BCUT2D eigenvalue weighted by atomic mass is 35.5. The summed E-state index contributed by atoms with van der Waals surface area (Å²) in [6.07, 6.45) is 2.39. The second-order valence-corrected chi connectivity index (χ2v) is 7.88. The molecule has 0 aliphatic carbocycles. The van der Waals surface area contributed by atoms with Crippen LogP contribution in [-0.2, 0) is 4.79 Å². The summed E-state index contributed by atoms with van der Waals surface area (Å²) >= 11 is 8.06. The van der Waals surface area contributed by atoms with E-state index < -0.39 is 0 Å². The normalized spacial score (nSPS) is 30.2. The highest BCUT2D eigenvalue weighted by molar-refractivity contribution is 8.00. The molecule has 2 aliphatic rings. The predicted octanol–water partition coefficient (Wildman–Crippen LogP) is 3.06. The average molecular weight is 311 g/mol. The smallest absolute Gasteiger partial charge is 0.238 e. The number of hydrogen-bond donors (Lipinski definition) is 1. The summed E-state index contributed by atoms with van der Waals surface area (Å²) in [6.45, 7) is 3.49. The Morgan fingerprint density at radius 2 is 2.40 bits per heavy atom. The molecular formula is C15H19ClN2OS. The number of nitrogens with one attached hydrogen (secondary N) is 1. The molecule has 0 bridgehead atoms. The third-order valence-electron chi connectivity index (χ3n) is 4.05. The van der Waals surface area contributed by atoms with Crippen molar-refractivity contribution in [2.24, 2.45) is 0 Å². The molecule has 3 nitrogen and oxygen atoms in total. The summed E-state index contributed by atoms with van der Waals surface area (Å²) in [6, 6.07) is 7.76. The number of carbonyl (C=O) groups excluding carboxylic acids is 1. The lowest BCUT2D eigenvalue weighted by Crippen LogP contribution is -2.40. The van der Waals surface area contributed by atoms with Crippen LogP contribution in [0.5, 0.6) is 0 Å².